The number of rotatable bonds is 7. The van der Waals surface area contributed by atoms with Crippen LogP contribution in [0.4, 0.5) is 0 Å². The Balaban J connectivity index is 2.14. The third-order valence-electron chi connectivity index (χ3n) is 3.13. The van der Waals surface area contributed by atoms with Gasteiger partial charge in [0.05, 0.1) is 0 Å². The molecule has 0 radical (unpaired) electrons. The van der Waals surface area contributed by atoms with Crippen molar-refractivity contribution in [3.8, 4) is 11.4 Å². The Bertz CT molecular complexity index is 537. The van der Waals surface area contributed by atoms with Crippen LogP contribution in [0.15, 0.2) is 29.4 Å². The second-order valence-electron chi connectivity index (χ2n) is 4.70. The quantitative estimate of drug-likeness (QED) is 0.629. The molecule has 5 heteroatoms. The molecule has 0 saturated heterocycles. The molecule has 0 atom stereocenters. The van der Waals surface area contributed by atoms with Gasteiger partial charge in [-0.2, -0.15) is 0 Å². The molecule has 0 saturated carbocycles. The van der Waals surface area contributed by atoms with Gasteiger partial charge in [-0.3, -0.25) is 0 Å². The summed E-state index contributed by atoms with van der Waals surface area (Å²) in [6, 6.07) is 8.37. The Morgan fingerprint density at radius 3 is 2.55 bits per heavy atom. The van der Waals surface area contributed by atoms with E-state index < -0.39 is 0 Å². The zero-order chi connectivity index (χ0) is 14.4. The van der Waals surface area contributed by atoms with Crippen LogP contribution >= 0.6 is 11.8 Å². The van der Waals surface area contributed by atoms with E-state index in [0.717, 1.165) is 41.7 Å². The fourth-order valence-electron chi connectivity index (χ4n) is 1.97. The van der Waals surface area contributed by atoms with Crippen LogP contribution in [0, 0.1) is 6.92 Å². The van der Waals surface area contributed by atoms with Gasteiger partial charge in [0.25, 0.3) is 0 Å². The van der Waals surface area contributed by atoms with E-state index in [1.54, 1.807) is 11.8 Å². The number of benzene rings is 1. The maximum Gasteiger partial charge on any atom is 0.191 e. The van der Waals surface area contributed by atoms with E-state index in [1.807, 2.05) is 0 Å². The number of hydrogen-bond acceptors (Lipinski definition) is 4. The highest BCUT2D eigenvalue weighted by atomic mass is 32.2. The van der Waals surface area contributed by atoms with Crippen LogP contribution in [0.25, 0.3) is 11.4 Å². The molecular formula is C15H21N3OS. The van der Waals surface area contributed by atoms with E-state index in [2.05, 4.69) is 52.9 Å². The number of unbranched alkanes of at least 4 members (excludes halogenated alkanes) is 1. The van der Waals surface area contributed by atoms with Crippen LogP contribution in [-0.4, -0.2) is 32.2 Å². The molecule has 0 unspecified atom stereocenters. The molecule has 108 valence electrons. The summed E-state index contributed by atoms with van der Waals surface area (Å²) in [7, 11) is 0. The van der Waals surface area contributed by atoms with Crippen LogP contribution in [0.5, 0.6) is 0 Å². The summed E-state index contributed by atoms with van der Waals surface area (Å²) in [6.07, 6.45) is 1.84. The average Bonchev–Trinajstić information content (AvgIpc) is 2.87. The molecular weight excluding hydrogens is 270 g/mol. The van der Waals surface area contributed by atoms with E-state index in [1.165, 1.54) is 5.56 Å². The SMILES string of the molecule is CCn1c(SCCCCO)nnc1-c1ccc(C)cc1. The lowest BCUT2D eigenvalue weighted by molar-refractivity contribution is 0.287. The van der Waals surface area contributed by atoms with Crippen molar-refractivity contribution in [1.29, 1.82) is 0 Å². The third kappa shape index (κ3) is 3.61. The van der Waals surface area contributed by atoms with Crippen molar-refractivity contribution < 1.29 is 5.11 Å². The zero-order valence-corrected chi connectivity index (χ0v) is 12.9. The maximum absolute atomic E-state index is 8.80. The first-order chi connectivity index (χ1) is 9.76. The molecule has 0 amide bonds. The Labute approximate surface area is 124 Å². The van der Waals surface area contributed by atoms with Gasteiger partial charge in [0.15, 0.2) is 11.0 Å². The maximum atomic E-state index is 8.80. The molecule has 0 fully saturated rings. The number of aliphatic hydroxyl groups excluding tert-OH is 1. The Kier molecular flexibility index (Phi) is 5.61. The lowest BCUT2D eigenvalue weighted by atomic mass is 10.1. The van der Waals surface area contributed by atoms with Gasteiger partial charge in [-0.15, -0.1) is 10.2 Å². The second-order valence-corrected chi connectivity index (χ2v) is 5.76. The number of hydrogen-bond donors (Lipinski definition) is 1. The fourth-order valence-corrected chi connectivity index (χ4v) is 2.98. The van der Waals surface area contributed by atoms with Crippen LogP contribution in [0.1, 0.15) is 25.3 Å². The molecule has 1 N–H and O–H groups in total. The predicted molar refractivity (Wildman–Crippen MR) is 82.9 cm³/mol. The van der Waals surface area contributed by atoms with Gasteiger partial charge < -0.3 is 9.67 Å². The molecule has 1 heterocycles. The molecule has 0 aliphatic rings. The molecule has 0 bridgehead atoms. The van der Waals surface area contributed by atoms with Crippen molar-refractivity contribution in [2.24, 2.45) is 0 Å². The minimum atomic E-state index is 0.260. The summed E-state index contributed by atoms with van der Waals surface area (Å²) in [4.78, 5) is 0. The Morgan fingerprint density at radius 2 is 1.90 bits per heavy atom. The van der Waals surface area contributed by atoms with Crippen LogP contribution in [0.3, 0.4) is 0 Å². The minimum absolute atomic E-state index is 0.260. The molecule has 0 spiro atoms. The van der Waals surface area contributed by atoms with Gasteiger partial charge in [0.2, 0.25) is 0 Å². The largest absolute Gasteiger partial charge is 0.396 e. The van der Waals surface area contributed by atoms with Crippen LogP contribution < -0.4 is 0 Å². The minimum Gasteiger partial charge on any atom is -0.396 e. The van der Waals surface area contributed by atoms with Crippen molar-refractivity contribution in [2.45, 2.75) is 38.4 Å². The molecule has 2 rings (SSSR count). The van der Waals surface area contributed by atoms with E-state index in [0.29, 0.717) is 0 Å². The Morgan fingerprint density at radius 1 is 1.15 bits per heavy atom. The number of nitrogens with zero attached hydrogens (tertiary/aromatic N) is 3. The molecule has 20 heavy (non-hydrogen) atoms. The summed E-state index contributed by atoms with van der Waals surface area (Å²) < 4.78 is 2.15. The van der Waals surface area contributed by atoms with Crippen molar-refractivity contribution in [2.75, 3.05) is 12.4 Å². The fraction of sp³-hybridized carbons (Fsp3) is 0.467. The topological polar surface area (TPSA) is 50.9 Å². The zero-order valence-electron chi connectivity index (χ0n) is 12.0. The van der Waals surface area contributed by atoms with Crippen molar-refractivity contribution >= 4 is 11.8 Å². The lowest BCUT2D eigenvalue weighted by Gasteiger charge is -2.07. The molecule has 0 aliphatic heterocycles. The third-order valence-corrected chi connectivity index (χ3v) is 4.18. The first kappa shape index (κ1) is 15.1. The van der Waals surface area contributed by atoms with Crippen LogP contribution in [0.2, 0.25) is 0 Å². The van der Waals surface area contributed by atoms with E-state index >= 15 is 0 Å². The summed E-state index contributed by atoms with van der Waals surface area (Å²) in [5.41, 5.74) is 2.35. The molecule has 1 aromatic carbocycles. The van der Waals surface area contributed by atoms with Gasteiger partial charge in [-0.05, 0) is 26.7 Å². The summed E-state index contributed by atoms with van der Waals surface area (Å²) >= 11 is 1.71. The van der Waals surface area contributed by atoms with Crippen molar-refractivity contribution in [3.63, 3.8) is 0 Å². The highest BCUT2D eigenvalue weighted by Crippen LogP contribution is 2.24. The number of aryl methyl sites for hydroxylation is 1. The lowest BCUT2D eigenvalue weighted by Crippen LogP contribution is -2.00. The molecule has 2 aromatic rings. The monoisotopic (exact) mass is 291 g/mol. The molecule has 1 aromatic heterocycles. The van der Waals surface area contributed by atoms with Gasteiger partial charge in [0, 0.05) is 24.5 Å². The average molecular weight is 291 g/mol. The predicted octanol–water partition coefficient (Wildman–Crippen LogP) is 3.14. The van der Waals surface area contributed by atoms with Gasteiger partial charge >= 0.3 is 0 Å². The van der Waals surface area contributed by atoms with Gasteiger partial charge in [-0.1, -0.05) is 41.6 Å². The van der Waals surface area contributed by atoms with E-state index in [4.69, 9.17) is 5.11 Å². The smallest absolute Gasteiger partial charge is 0.191 e. The number of aromatic nitrogens is 3. The van der Waals surface area contributed by atoms with Gasteiger partial charge in [0.1, 0.15) is 0 Å². The first-order valence-electron chi connectivity index (χ1n) is 7.00. The number of thioether (sulfide) groups is 1. The molecule has 4 nitrogen and oxygen atoms in total. The van der Waals surface area contributed by atoms with Crippen molar-refractivity contribution in [3.05, 3.63) is 29.8 Å². The highest BCUT2D eigenvalue weighted by molar-refractivity contribution is 7.99. The second kappa shape index (κ2) is 7.45. The Hall–Kier alpha value is -1.33. The first-order valence-corrected chi connectivity index (χ1v) is 7.98. The summed E-state index contributed by atoms with van der Waals surface area (Å²) in [5.74, 6) is 1.89. The summed E-state index contributed by atoms with van der Waals surface area (Å²) in [5, 5.41) is 18.4. The van der Waals surface area contributed by atoms with Crippen LogP contribution in [-0.2, 0) is 6.54 Å². The van der Waals surface area contributed by atoms with E-state index in [-0.39, 0.29) is 6.61 Å². The molecule has 0 aliphatic carbocycles. The van der Waals surface area contributed by atoms with Crippen molar-refractivity contribution in [1.82, 2.24) is 14.8 Å². The van der Waals surface area contributed by atoms with E-state index in [9.17, 15) is 0 Å². The normalized spacial score (nSPS) is 10.9. The van der Waals surface area contributed by atoms with Gasteiger partial charge in [-0.25, -0.2) is 0 Å². The highest BCUT2D eigenvalue weighted by Gasteiger charge is 2.12. The summed E-state index contributed by atoms with van der Waals surface area (Å²) in [6.45, 7) is 5.31. The standard InChI is InChI=1S/C15H21N3OS/c1-3-18-14(13-8-6-12(2)7-9-13)16-17-15(18)20-11-5-4-10-19/h6-9,19H,3-5,10-11H2,1-2H3. The number of aliphatic hydroxyl groups is 1.